The second-order valence-corrected chi connectivity index (χ2v) is 8.94. The van der Waals surface area contributed by atoms with E-state index < -0.39 is 0 Å². The van der Waals surface area contributed by atoms with E-state index in [2.05, 4.69) is 18.0 Å². The number of anilines is 1. The third kappa shape index (κ3) is 6.19. The fourth-order valence-corrected chi connectivity index (χ4v) is 4.40. The number of unbranched alkanes of at least 4 members (excludes halogenated alkanes) is 5. The van der Waals surface area contributed by atoms with Crippen molar-refractivity contribution in [3.05, 3.63) is 63.6 Å². The maximum Gasteiger partial charge on any atom is 0.142 e. The van der Waals surface area contributed by atoms with Gasteiger partial charge in [-0.25, -0.2) is 4.98 Å². The second-order valence-electron chi connectivity index (χ2n) is 8.10. The monoisotopic (exact) mass is 481 g/mol. The highest BCUT2D eigenvalue weighted by Gasteiger charge is 2.19. The SMILES string of the molecule is CCCCCCCCOc1ccc(-c2c(C)c(-c3ccc(Cl)cc3Cl)nc(N)c2C#N)cc1. The highest BCUT2D eigenvalue weighted by molar-refractivity contribution is 6.36. The molecule has 33 heavy (non-hydrogen) atoms. The molecule has 0 amide bonds. The molecule has 0 aliphatic heterocycles. The standard InChI is InChI=1S/C27H29Cl2N3O/c1-3-4-5-6-7-8-15-33-21-12-9-19(10-13-21)25-18(2)26(32-27(31)23(25)17-30)22-14-11-20(28)16-24(22)29/h9-14,16H,3-8,15H2,1-2H3,(H2,31,32). The van der Waals surface area contributed by atoms with Crippen molar-refractivity contribution in [3.63, 3.8) is 0 Å². The molecule has 0 aliphatic rings. The number of hydrogen-bond donors (Lipinski definition) is 1. The van der Waals surface area contributed by atoms with E-state index >= 15 is 0 Å². The Hall–Kier alpha value is -2.74. The van der Waals surface area contributed by atoms with Crippen molar-refractivity contribution in [2.45, 2.75) is 52.4 Å². The molecule has 172 valence electrons. The fraction of sp³-hybridized carbons (Fsp3) is 0.333. The van der Waals surface area contributed by atoms with Crippen LogP contribution in [0.15, 0.2) is 42.5 Å². The molecule has 3 aromatic rings. The number of rotatable bonds is 10. The summed E-state index contributed by atoms with van der Waals surface area (Å²) in [6.45, 7) is 4.85. The van der Waals surface area contributed by atoms with Crippen LogP contribution in [0.3, 0.4) is 0 Å². The summed E-state index contributed by atoms with van der Waals surface area (Å²) in [6.07, 6.45) is 7.36. The van der Waals surface area contributed by atoms with Gasteiger partial charge in [-0.3, -0.25) is 0 Å². The number of nitrogen functional groups attached to an aromatic ring is 1. The van der Waals surface area contributed by atoms with Crippen molar-refractivity contribution in [2.75, 3.05) is 12.3 Å². The average molecular weight is 482 g/mol. The smallest absolute Gasteiger partial charge is 0.142 e. The molecule has 0 aliphatic carbocycles. The summed E-state index contributed by atoms with van der Waals surface area (Å²) in [4.78, 5) is 4.49. The molecule has 0 saturated carbocycles. The minimum absolute atomic E-state index is 0.169. The first-order chi connectivity index (χ1) is 16.0. The molecule has 3 rings (SSSR count). The molecule has 0 radical (unpaired) electrons. The Morgan fingerprint density at radius 2 is 1.70 bits per heavy atom. The summed E-state index contributed by atoms with van der Waals surface area (Å²) >= 11 is 12.5. The van der Waals surface area contributed by atoms with Crippen LogP contribution in [0.1, 0.15) is 56.6 Å². The van der Waals surface area contributed by atoms with Crippen LogP contribution in [0.25, 0.3) is 22.4 Å². The molecule has 0 unspecified atom stereocenters. The lowest BCUT2D eigenvalue weighted by molar-refractivity contribution is 0.304. The first-order valence-corrected chi connectivity index (χ1v) is 12.1. The average Bonchev–Trinajstić information content (AvgIpc) is 2.80. The van der Waals surface area contributed by atoms with Crippen molar-refractivity contribution in [1.82, 2.24) is 4.98 Å². The minimum Gasteiger partial charge on any atom is -0.494 e. The third-order valence-electron chi connectivity index (χ3n) is 5.68. The lowest BCUT2D eigenvalue weighted by Gasteiger charge is -2.16. The Morgan fingerprint density at radius 3 is 2.36 bits per heavy atom. The Morgan fingerprint density at radius 1 is 1.00 bits per heavy atom. The quantitative estimate of drug-likeness (QED) is 0.296. The zero-order chi connectivity index (χ0) is 23.8. The van der Waals surface area contributed by atoms with Gasteiger partial charge in [-0.15, -0.1) is 0 Å². The lowest BCUT2D eigenvalue weighted by atomic mass is 9.93. The van der Waals surface area contributed by atoms with Gasteiger partial charge in [-0.05, 0) is 54.8 Å². The largest absolute Gasteiger partial charge is 0.494 e. The first kappa shape index (κ1) is 24.9. The molecular weight excluding hydrogens is 453 g/mol. The molecule has 0 atom stereocenters. The summed E-state index contributed by atoms with van der Waals surface area (Å²) in [6, 6.07) is 15.2. The molecule has 0 saturated heterocycles. The number of hydrogen-bond acceptors (Lipinski definition) is 4. The number of pyridine rings is 1. The van der Waals surface area contributed by atoms with E-state index in [1.807, 2.05) is 37.3 Å². The predicted molar refractivity (Wildman–Crippen MR) is 138 cm³/mol. The van der Waals surface area contributed by atoms with Gasteiger partial charge in [0.2, 0.25) is 0 Å². The Labute approximate surface area is 206 Å². The molecule has 6 heteroatoms. The summed E-state index contributed by atoms with van der Waals surface area (Å²) < 4.78 is 5.90. The molecule has 1 aromatic heterocycles. The van der Waals surface area contributed by atoms with Crippen LogP contribution in [0.4, 0.5) is 5.82 Å². The van der Waals surface area contributed by atoms with Gasteiger partial charge in [0, 0.05) is 16.1 Å². The number of nitrogens with two attached hydrogens (primary N) is 1. The van der Waals surface area contributed by atoms with Crippen molar-refractivity contribution >= 4 is 29.0 Å². The maximum atomic E-state index is 9.77. The van der Waals surface area contributed by atoms with E-state index in [0.717, 1.165) is 34.4 Å². The number of nitrogens with zero attached hydrogens (tertiary/aromatic N) is 2. The molecule has 1 heterocycles. The first-order valence-electron chi connectivity index (χ1n) is 11.3. The van der Waals surface area contributed by atoms with Crippen molar-refractivity contribution in [2.24, 2.45) is 0 Å². The van der Waals surface area contributed by atoms with Gasteiger partial charge < -0.3 is 10.5 Å². The summed E-state index contributed by atoms with van der Waals surface area (Å²) in [7, 11) is 0. The summed E-state index contributed by atoms with van der Waals surface area (Å²) in [5.41, 5.74) is 10.3. The number of benzene rings is 2. The zero-order valence-electron chi connectivity index (χ0n) is 19.1. The molecule has 2 N–H and O–H groups in total. The van der Waals surface area contributed by atoms with Crippen LogP contribution in [0.5, 0.6) is 5.75 Å². The van der Waals surface area contributed by atoms with E-state index in [0.29, 0.717) is 27.9 Å². The van der Waals surface area contributed by atoms with Gasteiger partial charge >= 0.3 is 0 Å². The molecule has 0 spiro atoms. The molecular formula is C27H29Cl2N3O. The van der Waals surface area contributed by atoms with Gasteiger partial charge in [0.15, 0.2) is 0 Å². The molecule has 0 bridgehead atoms. The Balaban J connectivity index is 1.83. The fourth-order valence-electron chi connectivity index (χ4n) is 3.90. The van der Waals surface area contributed by atoms with Crippen LogP contribution in [-0.2, 0) is 0 Å². The maximum absolute atomic E-state index is 9.77. The van der Waals surface area contributed by atoms with Crippen LogP contribution in [0.2, 0.25) is 10.0 Å². The minimum atomic E-state index is 0.169. The van der Waals surface area contributed by atoms with E-state index in [9.17, 15) is 5.26 Å². The van der Waals surface area contributed by atoms with Gasteiger partial charge in [-0.1, -0.05) is 74.4 Å². The Kier molecular flexibility index (Phi) is 9.00. The number of halogens is 2. The van der Waals surface area contributed by atoms with E-state index in [1.54, 1.807) is 12.1 Å². The highest BCUT2D eigenvalue weighted by Crippen LogP contribution is 2.39. The molecule has 2 aromatic carbocycles. The topological polar surface area (TPSA) is 71.9 Å². The van der Waals surface area contributed by atoms with Crippen molar-refractivity contribution < 1.29 is 4.74 Å². The van der Waals surface area contributed by atoms with Crippen LogP contribution < -0.4 is 10.5 Å². The van der Waals surface area contributed by atoms with Crippen LogP contribution in [-0.4, -0.2) is 11.6 Å². The van der Waals surface area contributed by atoms with Crippen LogP contribution in [0, 0.1) is 18.3 Å². The zero-order valence-corrected chi connectivity index (χ0v) is 20.6. The predicted octanol–water partition coefficient (Wildman–Crippen LogP) is 8.22. The summed E-state index contributed by atoms with van der Waals surface area (Å²) in [5, 5.41) is 10.8. The number of nitriles is 1. The van der Waals surface area contributed by atoms with E-state index in [1.165, 1.54) is 32.1 Å². The highest BCUT2D eigenvalue weighted by atomic mass is 35.5. The third-order valence-corrected chi connectivity index (χ3v) is 6.22. The molecule has 4 nitrogen and oxygen atoms in total. The second kappa shape index (κ2) is 11.9. The van der Waals surface area contributed by atoms with E-state index in [4.69, 9.17) is 33.7 Å². The van der Waals surface area contributed by atoms with Crippen molar-refractivity contribution in [3.8, 4) is 34.2 Å². The van der Waals surface area contributed by atoms with Gasteiger partial charge in [0.1, 0.15) is 23.2 Å². The number of ether oxygens (including phenoxy) is 1. The van der Waals surface area contributed by atoms with Crippen LogP contribution >= 0.6 is 23.2 Å². The van der Waals surface area contributed by atoms with E-state index in [-0.39, 0.29) is 5.82 Å². The molecule has 0 fully saturated rings. The normalized spacial score (nSPS) is 10.8. The van der Waals surface area contributed by atoms with Gasteiger partial charge in [0.05, 0.1) is 17.3 Å². The number of aromatic nitrogens is 1. The lowest BCUT2D eigenvalue weighted by Crippen LogP contribution is -2.03. The Bertz CT molecular complexity index is 1140. The summed E-state index contributed by atoms with van der Waals surface area (Å²) in [5.74, 6) is 0.981. The van der Waals surface area contributed by atoms with Crippen molar-refractivity contribution in [1.29, 1.82) is 5.26 Å². The van der Waals surface area contributed by atoms with Gasteiger partial charge in [0.25, 0.3) is 0 Å². The van der Waals surface area contributed by atoms with Gasteiger partial charge in [-0.2, -0.15) is 5.26 Å².